The summed E-state index contributed by atoms with van der Waals surface area (Å²) in [4.78, 5) is 0. The lowest BCUT2D eigenvalue weighted by Gasteiger charge is -2.19. The fraction of sp³-hybridized carbons (Fsp3) is 0.467. The van der Waals surface area contributed by atoms with Crippen LogP contribution in [-0.4, -0.2) is 6.04 Å². The Bertz CT molecular complexity index is 512. The van der Waals surface area contributed by atoms with Gasteiger partial charge in [-0.1, -0.05) is 25.1 Å². The molecular weight excluding hydrogens is 226 g/mol. The molecule has 1 saturated carbocycles. The van der Waals surface area contributed by atoms with E-state index in [1.165, 1.54) is 28.5 Å². The summed E-state index contributed by atoms with van der Waals surface area (Å²) in [5, 5.41) is 3.68. The molecule has 2 unspecified atom stereocenters. The van der Waals surface area contributed by atoms with Crippen molar-refractivity contribution in [1.82, 2.24) is 0 Å². The molecule has 0 saturated heterocycles. The van der Waals surface area contributed by atoms with E-state index in [0.29, 0.717) is 12.0 Å². The lowest BCUT2D eigenvalue weighted by atomic mass is 9.92. The molecule has 2 aromatic rings. The van der Waals surface area contributed by atoms with Crippen LogP contribution in [-0.2, 0) is 6.42 Å². The third kappa shape index (κ3) is 2.24. The Hall–Kier alpha value is -0.860. The molecule has 0 bridgehead atoms. The summed E-state index contributed by atoms with van der Waals surface area (Å²) in [6.45, 7) is 2.32. The van der Waals surface area contributed by atoms with Gasteiger partial charge in [0.05, 0.1) is 0 Å². The van der Waals surface area contributed by atoms with Gasteiger partial charge in [0.1, 0.15) is 0 Å². The number of fused-ring (bicyclic) bond motifs is 1. The van der Waals surface area contributed by atoms with Gasteiger partial charge in [-0.3, -0.25) is 0 Å². The summed E-state index contributed by atoms with van der Waals surface area (Å²) >= 11 is 1.84. The van der Waals surface area contributed by atoms with Crippen LogP contribution >= 0.6 is 11.3 Å². The Morgan fingerprint density at radius 1 is 1.35 bits per heavy atom. The van der Waals surface area contributed by atoms with Crippen molar-refractivity contribution in [3.63, 3.8) is 0 Å². The van der Waals surface area contributed by atoms with Crippen LogP contribution < -0.4 is 5.73 Å². The number of hydrogen-bond acceptors (Lipinski definition) is 2. The van der Waals surface area contributed by atoms with Gasteiger partial charge in [-0.05, 0) is 53.5 Å². The van der Waals surface area contributed by atoms with Crippen molar-refractivity contribution in [3.05, 3.63) is 35.2 Å². The van der Waals surface area contributed by atoms with Crippen molar-refractivity contribution in [3.8, 4) is 0 Å². The second-order valence-electron chi connectivity index (χ2n) is 5.32. The molecule has 0 spiro atoms. The highest BCUT2D eigenvalue weighted by atomic mass is 32.1. The minimum absolute atomic E-state index is 0.320. The first-order valence-electron chi connectivity index (χ1n) is 6.46. The second kappa shape index (κ2) is 4.43. The highest BCUT2D eigenvalue weighted by Gasteiger charge is 2.31. The van der Waals surface area contributed by atoms with Crippen molar-refractivity contribution in [2.75, 3.05) is 0 Å². The maximum atomic E-state index is 6.35. The SMILES string of the molecule is CC(C(N)Cc1csc2ccccc12)C1CC1. The molecule has 17 heavy (non-hydrogen) atoms. The van der Waals surface area contributed by atoms with E-state index in [-0.39, 0.29) is 0 Å². The van der Waals surface area contributed by atoms with E-state index >= 15 is 0 Å². The molecule has 1 aromatic carbocycles. The van der Waals surface area contributed by atoms with Crippen molar-refractivity contribution >= 4 is 21.4 Å². The molecule has 2 N–H and O–H groups in total. The Morgan fingerprint density at radius 2 is 2.12 bits per heavy atom. The van der Waals surface area contributed by atoms with Crippen LogP contribution in [0.4, 0.5) is 0 Å². The highest BCUT2D eigenvalue weighted by molar-refractivity contribution is 7.17. The van der Waals surface area contributed by atoms with Crippen LogP contribution in [0.2, 0.25) is 0 Å². The Balaban J connectivity index is 1.79. The summed E-state index contributed by atoms with van der Waals surface area (Å²) in [5.41, 5.74) is 7.78. The van der Waals surface area contributed by atoms with E-state index in [4.69, 9.17) is 5.73 Å². The zero-order chi connectivity index (χ0) is 11.8. The largest absolute Gasteiger partial charge is 0.327 e. The maximum absolute atomic E-state index is 6.35. The van der Waals surface area contributed by atoms with Gasteiger partial charge in [-0.15, -0.1) is 11.3 Å². The molecule has 1 heterocycles. The molecular formula is C15H19NS. The third-order valence-electron chi connectivity index (χ3n) is 4.06. The van der Waals surface area contributed by atoms with Gasteiger partial charge in [-0.25, -0.2) is 0 Å². The van der Waals surface area contributed by atoms with Crippen molar-refractivity contribution in [2.45, 2.75) is 32.2 Å². The minimum Gasteiger partial charge on any atom is -0.327 e. The number of rotatable bonds is 4. The first kappa shape index (κ1) is 11.2. The molecule has 0 amide bonds. The van der Waals surface area contributed by atoms with Crippen molar-refractivity contribution < 1.29 is 0 Å². The number of thiophene rings is 1. The Kier molecular flexibility index (Phi) is 2.93. The van der Waals surface area contributed by atoms with Crippen LogP contribution in [0.15, 0.2) is 29.6 Å². The van der Waals surface area contributed by atoms with Crippen LogP contribution in [0, 0.1) is 11.8 Å². The molecule has 0 radical (unpaired) electrons. The van der Waals surface area contributed by atoms with E-state index in [2.05, 4.69) is 36.6 Å². The van der Waals surface area contributed by atoms with Gasteiger partial charge in [-0.2, -0.15) is 0 Å². The third-order valence-corrected chi connectivity index (χ3v) is 5.07. The summed E-state index contributed by atoms with van der Waals surface area (Å²) in [6, 6.07) is 8.96. The minimum atomic E-state index is 0.320. The molecule has 0 aliphatic heterocycles. The van der Waals surface area contributed by atoms with Crippen LogP contribution in [0.5, 0.6) is 0 Å². The molecule has 2 heteroatoms. The van der Waals surface area contributed by atoms with Gasteiger partial charge in [0.25, 0.3) is 0 Å². The average molecular weight is 245 g/mol. The number of hydrogen-bond donors (Lipinski definition) is 1. The molecule has 1 aromatic heterocycles. The number of nitrogens with two attached hydrogens (primary N) is 1. The smallest absolute Gasteiger partial charge is 0.0345 e. The standard InChI is InChI=1S/C15H19NS/c1-10(11-6-7-11)14(16)8-12-9-17-15-5-3-2-4-13(12)15/h2-5,9-11,14H,6-8,16H2,1H3. The molecule has 1 fully saturated rings. The monoisotopic (exact) mass is 245 g/mol. The summed E-state index contributed by atoms with van der Waals surface area (Å²) < 4.78 is 1.38. The molecule has 2 atom stereocenters. The Labute approximate surface area is 107 Å². The van der Waals surface area contributed by atoms with Crippen LogP contribution in [0.1, 0.15) is 25.3 Å². The fourth-order valence-corrected chi connectivity index (χ4v) is 3.58. The highest BCUT2D eigenvalue weighted by Crippen LogP contribution is 2.38. The summed E-state index contributed by atoms with van der Waals surface area (Å²) in [5.74, 6) is 1.57. The predicted molar refractivity (Wildman–Crippen MR) is 75.4 cm³/mol. The quantitative estimate of drug-likeness (QED) is 0.870. The molecule has 90 valence electrons. The van der Waals surface area contributed by atoms with Crippen LogP contribution in [0.25, 0.3) is 10.1 Å². The van der Waals surface area contributed by atoms with Crippen molar-refractivity contribution in [1.29, 1.82) is 0 Å². The van der Waals surface area contributed by atoms with Crippen molar-refractivity contribution in [2.24, 2.45) is 17.6 Å². The van der Waals surface area contributed by atoms with Gasteiger partial charge in [0, 0.05) is 10.7 Å². The van der Waals surface area contributed by atoms with E-state index < -0.39 is 0 Å². The molecule has 1 nitrogen and oxygen atoms in total. The Morgan fingerprint density at radius 3 is 2.88 bits per heavy atom. The van der Waals surface area contributed by atoms with E-state index in [1.807, 2.05) is 11.3 Å². The van der Waals surface area contributed by atoms with Gasteiger partial charge >= 0.3 is 0 Å². The van der Waals surface area contributed by atoms with Crippen LogP contribution in [0.3, 0.4) is 0 Å². The average Bonchev–Trinajstić information content (AvgIpc) is 3.12. The predicted octanol–water partition coefficient (Wildman–Crippen LogP) is 3.82. The molecule has 3 rings (SSSR count). The lowest BCUT2D eigenvalue weighted by molar-refractivity contribution is 0.405. The zero-order valence-electron chi connectivity index (χ0n) is 10.2. The van der Waals surface area contributed by atoms with E-state index in [0.717, 1.165) is 12.3 Å². The second-order valence-corrected chi connectivity index (χ2v) is 6.23. The number of benzene rings is 1. The van der Waals surface area contributed by atoms with Gasteiger partial charge in [0.2, 0.25) is 0 Å². The zero-order valence-corrected chi connectivity index (χ0v) is 11.0. The maximum Gasteiger partial charge on any atom is 0.0345 e. The first-order chi connectivity index (χ1) is 8.25. The lowest BCUT2D eigenvalue weighted by Crippen LogP contribution is -2.31. The fourth-order valence-electron chi connectivity index (χ4n) is 2.60. The normalized spacial score (nSPS) is 19.4. The molecule has 1 aliphatic rings. The van der Waals surface area contributed by atoms with E-state index in [1.54, 1.807) is 0 Å². The van der Waals surface area contributed by atoms with Gasteiger partial charge < -0.3 is 5.73 Å². The molecule has 1 aliphatic carbocycles. The summed E-state index contributed by atoms with van der Waals surface area (Å²) in [7, 11) is 0. The van der Waals surface area contributed by atoms with Gasteiger partial charge in [0.15, 0.2) is 0 Å². The topological polar surface area (TPSA) is 26.0 Å². The summed E-state index contributed by atoms with van der Waals surface area (Å²) in [6.07, 6.45) is 3.81. The first-order valence-corrected chi connectivity index (χ1v) is 7.34. The van der Waals surface area contributed by atoms with E-state index in [9.17, 15) is 0 Å².